The number of nitrogens with zero attached hydrogens (tertiary/aromatic N) is 1. The van der Waals surface area contributed by atoms with Crippen LogP contribution in [0.5, 0.6) is 0 Å². The molecular weight excluding hydrogens is 222 g/mol. The molecule has 2 unspecified atom stereocenters. The Labute approximate surface area is 101 Å². The number of rotatable bonds is 2. The molecule has 3 atom stereocenters. The van der Waals surface area contributed by atoms with Gasteiger partial charge in [-0.3, -0.25) is 4.79 Å². The molecule has 0 saturated carbocycles. The topological polar surface area (TPSA) is 55.8 Å². The van der Waals surface area contributed by atoms with Gasteiger partial charge in [-0.05, 0) is 32.6 Å². The highest BCUT2D eigenvalue weighted by Crippen LogP contribution is 2.28. The van der Waals surface area contributed by atoms with Gasteiger partial charge < -0.3 is 9.47 Å². The lowest BCUT2D eigenvalue weighted by Crippen LogP contribution is -2.36. The van der Waals surface area contributed by atoms with E-state index in [-0.39, 0.29) is 18.1 Å². The Morgan fingerprint density at radius 3 is 2.53 bits per heavy atom. The Hall–Kier alpha value is -1.10. The van der Waals surface area contributed by atoms with Gasteiger partial charge >= 0.3 is 6.09 Å². The third-order valence-electron chi connectivity index (χ3n) is 3.32. The average molecular weight is 241 g/mol. The number of carbonyl (C=O) groups excluding carboxylic acids is 2. The van der Waals surface area contributed by atoms with Crippen LogP contribution in [0.25, 0.3) is 0 Å². The monoisotopic (exact) mass is 241 g/mol. The molecule has 2 heterocycles. The summed E-state index contributed by atoms with van der Waals surface area (Å²) in [6, 6.07) is 0. The van der Waals surface area contributed by atoms with Crippen LogP contribution in [-0.2, 0) is 14.3 Å². The molecule has 2 rings (SSSR count). The molecule has 0 bridgehead atoms. The summed E-state index contributed by atoms with van der Waals surface area (Å²) in [7, 11) is 0. The smallest absolute Gasteiger partial charge is 0.416 e. The predicted molar refractivity (Wildman–Crippen MR) is 60.4 cm³/mol. The molecule has 17 heavy (non-hydrogen) atoms. The van der Waals surface area contributed by atoms with Crippen LogP contribution in [0.3, 0.4) is 0 Å². The molecule has 96 valence electrons. The first kappa shape index (κ1) is 12.4. The van der Waals surface area contributed by atoms with Crippen LogP contribution in [-0.4, -0.2) is 42.3 Å². The van der Waals surface area contributed by atoms with Crippen LogP contribution in [0.15, 0.2) is 0 Å². The van der Waals surface area contributed by atoms with E-state index in [2.05, 4.69) is 0 Å². The number of cyclic esters (lactones) is 1. The maximum atomic E-state index is 11.9. The lowest BCUT2D eigenvalue weighted by atomic mass is 9.89. The van der Waals surface area contributed by atoms with E-state index >= 15 is 0 Å². The van der Waals surface area contributed by atoms with Gasteiger partial charge in [-0.1, -0.05) is 0 Å². The van der Waals surface area contributed by atoms with Crippen molar-refractivity contribution in [2.45, 2.75) is 45.3 Å². The van der Waals surface area contributed by atoms with Crippen molar-refractivity contribution in [3.05, 3.63) is 0 Å². The second kappa shape index (κ2) is 5.04. The van der Waals surface area contributed by atoms with Gasteiger partial charge in [0.15, 0.2) is 0 Å². The molecule has 2 aliphatic heterocycles. The second-order valence-electron chi connectivity index (χ2n) is 4.96. The molecule has 0 aromatic carbocycles. The van der Waals surface area contributed by atoms with Gasteiger partial charge in [0.05, 0.1) is 18.8 Å². The van der Waals surface area contributed by atoms with Crippen molar-refractivity contribution in [3.8, 4) is 0 Å². The van der Waals surface area contributed by atoms with E-state index in [1.165, 1.54) is 4.90 Å². The number of imide groups is 1. The van der Waals surface area contributed by atoms with Crippen LogP contribution in [0.4, 0.5) is 4.79 Å². The fraction of sp³-hybridized carbons (Fsp3) is 0.833. The van der Waals surface area contributed by atoms with Crippen molar-refractivity contribution in [3.63, 3.8) is 0 Å². The first-order valence-corrected chi connectivity index (χ1v) is 6.19. The summed E-state index contributed by atoms with van der Waals surface area (Å²) in [6.45, 7) is 4.77. The molecule has 0 radical (unpaired) electrons. The van der Waals surface area contributed by atoms with Crippen LogP contribution in [0.1, 0.15) is 33.1 Å². The van der Waals surface area contributed by atoms with E-state index in [9.17, 15) is 9.59 Å². The largest absolute Gasteiger partial charge is 0.447 e. The zero-order valence-electron chi connectivity index (χ0n) is 10.3. The Balaban J connectivity index is 1.87. The summed E-state index contributed by atoms with van der Waals surface area (Å²) in [5.74, 6) is 0.202. The fourth-order valence-electron chi connectivity index (χ4n) is 2.69. The normalized spacial score (nSPS) is 33.6. The van der Waals surface area contributed by atoms with Gasteiger partial charge in [-0.2, -0.15) is 0 Å². The third-order valence-corrected chi connectivity index (χ3v) is 3.32. The second-order valence-corrected chi connectivity index (χ2v) is 4.96. The van der Waals surface area contributed by atoms with Crippen LogP contribution in [0, 0.1) is 5.92 Å². The van der Waals surface area contributed by atoms with Gasteiger partial charge in [-0.15, -0.1) is 0 Å². The highest BCUT2D eigenvalue weighted by atomic mass is 16.6. The van der Waals surface area contributed by atoms with Crippen molar-refractivity contribution >= 4 is 12.0 Å². The number of hydrogen-bond donors (Lipinski definition) is 0. The lowest BCUT2D eigenvalue weighted by molar-refractivity contribution is -0.130. The summed E-state index contributed by atoms with van der Waals surface area (Å²) in [5.41, 5.74) is 0. The summed E-state index contributed by atoms with van der Waals surface area (Å²) < 4.78 is 10.4. The minimum Gasteiger partial charge on any atom is -0.447 e. The van der Waals surface area contributed by atoms with Crippen LogP contribution < -0.4 is 0 Å². The highest BCUT2D eigenvalue weighted by Gasteiger charge is 2.32. The van der Waals surface area contributed by atoms with Gasteiger partial charge in [0, 0.05) is 6.42 Å². The minimum absolute atomic E-state index is 0.112. The maximum Gasteiger partial charge on any atom is 0.416 e. The molecule has 5 heteroatoms. The zero-order valence-corrected chi connectivity index (χ0v) is 10.3. The highest BCUT2D eigenvalue weighted by molar-refractivity contribution is 5.93. The van der Waals surface area contributed by atoms with E-state index in [4.69, 9.17) is 9.47 Å². The Bertz CT molecular complexity index is 308. The molecule has 0 spiro atoms. The zero-order chi connectivity index (χ0) is 12.4. The lowest BCUT2D eigenvalue weighted by Gasteiger charge is -2.32. The Kier molecular flexibility index (Phi) is 3.66. The molecular formula is C12H19NO4. The molecule has 2 aliphatic rings. The molecule has 2 saturated heterocycles. The first-order chi connectivity index (χ1) is 8.06. The van der Waals surface area contributed by atoms with Crippen molar-refractivity contribution in [2.75, 3.05) is 13.2 Å². The molecule has 0 aliphatic carbocycles. The molecule has 0 aromatic rings. The molecule has 0 aromatic heterocycles. The van der Waals surface area contributed by atoms with E-state index in [1.54, 1.807) is 0 Å². The summed E-state index contributed by atoms with van der Waals surface area (Å²) in [6.07, 6.45) is 2.10. The Morgan fingerprint density at radius 1 is 1.35 bits per heavy atom. The van der Waals surface area contributed by atoms with Gasteiger partial charge in [0.2, 0.25) is 5.91 Å². The quantitative estimate of drug-likeness (QED) is 0.736. The van der Waals surface area contributed by atoms with Crippen molar-refractivity contribution in [1.29, 1.82) is 0 Å². The SMILES string of the molecule is CC1CC(CC(=O)N2CCOC2=O)C[C@H](C)O1. The van der Waals surface area contributed by atoms with E-state index in [0.29, 0.717) is 25.5 Å². The summed E-state index contributed by atoms with van der Waals surface area (Å²) >= 11 is 0. The number of hydrogen-bond acceptors (Lipinski definition) is 4. The standard InChI is InChI=1S/C12H19NO4/c1-8-5-10(6-9(2)17-8)7-11(14)13-3-4-16-12(13)15/h8-10H,3-7H2,1-2H3/t8-,9?,10?/m0/s1. The minimum atomic E-state index is -0.497. The Morgan fingerprint density at radius 2 is 2.00 bits per heavy atom. The maximum absolute atomic E-state index is 11.9. The number of carbonyl (C=O) groups is 2. The van der Waals surface area contributed by atoms with E-state index in [0.717, 1.165) is 12.8 Å². The average Bonchev–Trinajstić information content (AvgIpc) is 2.62. The van der Waals surface area contributed by atoms with Crippen molar-refractivity contribution in [1.82, 2.24) is 4.90 Å². The molecule has 5 nitrogen and oxygen atoms in total. The van der Waals surface area contributed by atoms with Crippen molar-refractivity contribution in [2.24, 2.45) is 5.92 Å². The van der Waals surface area contributed by atoms with Crippen molar-refractivity contribution < 1.29 is 19.1 Å². The number of ether oxygens (including phenoxy) is 2. The third kappa shape index (κ3) is 2.97. The first-order valence-electron chi connectivity index (χ1n) is 6.19. The van der Waals surface area contributed by atoms with Gasteiger partial charge in [0.25, 0.3) is 0 Å². The summed E-state index contributed by atoms with van der Waals surface area (Å²) in [5, 5.41) is 0. The predicted octanol–water partition coefficient (Wildman–Crippen LogP) is 1.56. The van der Waals surface area contributed by atoms with Crippen LogP contribution >= 0.6 is 0 Å². The van der Waals surface area contributed by atoms with E-state index < -0.39 is 6.09 Å². The molecule has 2 amide bonds. The molecule has 0 N–H and O–H groups in total. The van der Waals surface area contributed by atoms with Crippen LogP contribution in [0.2, 0.25) is 0 Å². The molecule has 2 fully saturated rings. The van der Waals surface area contributed by atoms with E-state index in [1.807, 2.05) is 13.8 Å². The summed E-state index contributed by atoms with van der Waals surface area (Å²) in [4.78, 5) is 24.4. The fourth-order valence-corrected chi connectivity index (χ4v) is 2.69. The number of amides is 2. The van der Waals surface area contributed by atoms with Gasteiger partial charge in [0.1, 0.15) is 6.61 Å². The van der Waals surface area contributed by atoms with Gasteiger partial charge in [-0.25, -0.2) is 9.69 Å².